The average Bonchev–Trinajstić information content (AvgIpc) is 3.46. The third-order valence-corrected chi connectivity index (χ3v) is 11.9. The number of thiocarbonyl (C=S) groups is 1. The molecule has 5 aromatic rings. The Morgan fingerprint density at radius 3 is 2.23 bits per heavy atom. The maximum Gasteiger partial charge on any atom is 0.417 e. The number of aromatic amines is 1. The topological polar surface area (TPSA) is 163 Å². The zero-order valence-corrected chi connectivity index (χ0v) is 35.9. The van der Waals surface area contributed by atoms with Crippen molar-refractivity contribution in [2.75, 3.05) is 42.5 Å². The maximum absolute atomic E-state index is 15.5. The monoisotopic (exact) mass is 912 g/mol. The van der Waals surface area contributed by atoms with Crippen molar-refractivity contribution in [3.63, 3.8) is 0 Å². The Morgan fingerprint density at radius 1 is 0.846 bits per heavy atom. The Hall–Kier alpha value is -7.07. The Labute approximate surface area is 374 Å². The number of benzene rings is 4. The van der Waals surface area contributed by atoms with Gasteiger partial charge in [-0.05, 0) is 99.1 Å². The molecule has 0 atom stereocenters. The minimum Gasteiger partial charge on any atom is -0.352 e. The fraction of sp³-hybridized carbons (Fsp3) is 0.304. The summed E-state index contributed by atoms with van der Waals surface area (Å²) in [5.41, 5.74) is -2.98. The van der Waals surface area contributed by atoms with Crippen molar-refractivity contribution in [1.82, 2.24) is 25.3 Å². The highest BCUT2D eigenvalue weighted by molar-refractivity contribution is 7.81. The summed E-state index contributed by atoms with van der Waals surface area (Å²) < 4.78 is 71.5. The molecule has 2 N–H and O–H groups in total. The summed E-state index contributed by atoms with van der Waals surface area (Å²) >= 11 is 5.51. The molecule has 4 aromatic carbocycles. The van der Waals surface area contributed by atoms with E-state index in [2.05, 4.69) is 15.5 Å². The van der Waals surface area contributed by atoms with Crippen LogP contribution < -0.4 is 20.7 Å². The Balaban J connectivity index is 0.859. The smallest absolute Gasteiger partial charge is 0.352 e. The van der Waals surface area contributed by atoms with Gasteiger partial charge in [-0.2, -0.15) is 23.5 Å². The van der Waals surface area contributed by atoms with E-state index in [1.54, 1.807) is 35.2 Å². The van der Waals surface area contributed by atoms with Crippen LogP contribution in [-0.2, 0) is 22.2 Å². The van der Waals surface area contributed by atoms with Gasteiger partial charge in [0, 0.05) is 56.6 Å². The van der Waals surface area contributed by atoms with Crippen LogP contribution in [0.25, 0.3) is 10.8 Å². The zero-order valence-electron chi connectivity index (χ0n) is 35.1. The van der Waals surface area contributed by atoms with E-state index in [1.165, 1.54) is 60.0 Å². The number of nitrogens with one attached hydrogen (secondary N) is 2. The first kappa shape index (κ1) is 45.9. The molecule has 13 nitrogen and oxygen atoms in total. The van der Waals surface area contributed by atoms with Crippen LogP contribution in [0.4, 0.5) is 33.3 Å². The number of H-pyrrole nitrogens is 1. The van der Waals surface area contributed by atoms with E-state index in [1.807, 2.05) is 0 Å². The summed E-state index contributed by atoms with van der Waals surface area (Å²) in [4.78, 5) is 70.4. The molecule has 3 heterocycles. The lowest BCUT2D eigenvalue weighted by Gasteiger charge is -2.35. The van der Waals surface area contributed by atoms with E-state index < -0.39 is 52.2 Å². The molecule has 0 aliphatic carbocycles. The molecule has 0 saturated carbocycles. The molecule has 2 fully saturated rings. The predicted molar refractivity (Wildman–Crippen MR) is 234 cm³/mol. The molecule has 1 aromatic heterocycles. The number of unbranched alkanes of at least 4 members (excludes halogenated alkanes) is 2. The third-order valence-electron chi connectivity index (χ3n) is 11.5. The fourth-order valence-electron chi connectivity index (χ4n) is 8.00. The second-order valence-electron chi connectivity index (χ2n) is 16.1. The summed E-state index contributed by atoms with van der Waals surface area (Å²) in [5.74, 6) is -3.60. The molecule has 0 spiro atoms. The molecule has 19 heteroatoms. The number of anilines is 2. The molecular formula is C46H41F5N8O5S. The normalized spacial score (nSPS) is 15.1. The van der Waals surface area contributed by atoms with Crippen LogP contribution in [-0.4, -0.2) is 87.0 Å². The van der Waals surface area contributed by atoms with Crippen molar-refractivity contribution < 1.29 is 41.1 Å². The largest absolute Gasteiger partial charge is 0.417 e. The van der Waals surface area contributed by atoms with Crippen LogP contribution in [0.3, 0.4) is 0 Å². The summed E-state index contributed by atoms with van der Waals surface area (Å²) in [6.45, 7) is 4.10. The molecule has 2 aliphatic heterocycles. The van der Waals surface area contributed by atoms with Crippen molar-refractivity contribution in [2.24, 2.45) is 0 Å². The van der Waals surface area contributed by atoms with Gasteiger partial charge in [-0.25, -0.2) is 13.9 Å². The van der Waals surface area contributed by atoms with Gasteiger partial charge in [0.15, 0.2) is 5.11 Å². The van der Waals surface area contributed by atoms with Crippen molar-refractivity contribution in [3.8, 4) is 6.07 Å². The van der Waals surface area contributed by atoms with Crippen molar-refractivity contribution in [1.29, 1.82) is 5.26 Å². The van der Waals surface area contributed by atoms with Crippen LogP contribution >= 0.6 is 12.2 Å². The lowest BCUT2D eigenvalue weighted by atomic mass is 10.0. The number of nitrogens with zero attached hydrogens (tertiary/aromatic N) is 6. The maximum atomic E-state index is 15.5. The van der Waals surface area contributed by atoms with E-state index in [-0.39, 0.29) is 84.6 Å². The second kappa shape index (κ2) is 18.6. The molecule has 336 valence electrons. The van der Waals surface area contributed by atoms with E-state index in [9.17, 15) is 46.8 Å². The molecule has 65 heavy (non-hydrogen) atoms. The van der Waals surface area contributed by atoms with Crippen molar-refractivity contribution in [2.45, 2.75) is 57.7 Å². The quantitative estimate of drug-likeness (QED) is 0.0773. The molecule has 0 radical (unpaired) electrons. The lowest BCUT2D eigenvalue weighted by Crippen LogP contribution is -2.50. The number of alkyl halides is 3. The number of halogens is 5. The molecular weight excluding hydrogens is 872 g/mol. The third kappa shape index (κ3) is 9.44. The first-order chi connectivity index (χ1) is 30.9. The Kier molecular flexibility index (Phi) is 13.1. The number of hydrogen-bond acceptors (Lipinski definition) is 8. The fourth-order valence-corrected chi connectivity index (χ4v) is 8.52. The highest BCUT2D eigenvalue weighted by Gasteiger charge is 2.51. The number of aromatic nitrogens is 2. The number of amides is 4. The highest BCUT2D eigenvalue weighted by Crippen LogP contribution is 2.40. The average molecular weight is 913 g/mol. The molecule has 2 aliphatic rings. The van der Waals surface area contributed by atoms with E-state index in [0.717, 1.165) is 17.0 Å². The number of hydrogen-bond donors (Lipinski definition) is 2. The van der Waals surface area contributed by atoms with Gasteiger partial charge in [0.25, 0.3) is 23.3 Å². The standard InChI is InChI=1S/C46H41F5N8O5S/c1-45(2)43(64)58(29-13-12-28(26-52)35(24-29)46(49,50)51)44(65)59(45)30-14-15-33(37(48)25-30)40(61)53-17-7-3-4-10-39(60)56-18-20-57(21-19-56)42(63)34-22-27(11-16-36(34)47)23-38-31-8-5-6-9-32(31)41(62)55-54-38/h5-6,8-9,11-16,22,24-25H,3-4,7,10,17-21,23H2,1-2H3,(H,53,61)(H,55,62). The van der Waals surface area contributed by atoms with Gasteiger partial charge in [0.2, 0.25) is 5.91 Å². The first-order valence-electron chi connectivity index (χ1n) is 20.6. The SMILES string of the molecule is CC1(C)C(=O)N(c2ccc(C#N)c(C(F)(F)F)c2)C(=S)N1c1ccc(C(=O)NCCCCCC(=O)N2CCN(C(=O)c3cc(Cc4n[nH]c(=O)c5ccccc45)ccc3F)CC2)c(F)c1. The highest BCUT2D eigenvalue weighted by atomic mass is 32.1. The predicted octanol–water partition coefficient (Wildman–Crippen LogP) is 6.87. The van der Waals surface area contributed by atoms with Crippen LogP contribution in [0.5, 0.6) is 0 Å². The Bertz CT molecular complexity index is 2840. The summed E-state index contributed by atoms with van der Waals surface area (Å²) in [6.07, 6.45) is -2.83. The van der Waals surface area contributed by atoms with E-state index in [0.29, 0.717) is 47.4 Å². The molecule has 0 bridgehead atoms. The van der Waals surface area contributed by atoms with Gasteiger partial charge in [-0.15, -0.1) is 0 Å². The molecule has 4 amide bonds. The number of fused-ring (bicyclic) bond motifs is 1. The lowest BCUT2D eigenvalue weighted by molar-refractivity contribution is -0.138. The van der Waals surface area contributed by atoms with Crippen LogP contribution in [0.2, 0.25) is 0 Å². The number of carbonyl (C=O) groups excluding carboxylic acids is 4. The number of rotatable bonds is 12. The summed E-state index contributed by atoms with van der Waals surface area (Å²) in [7, 11) is 0. The van der Waals surface area contributed by atoms with Crippen molar-refractivity contribution in [3.05, 3.63) is 134 Å². The number of nitriles is 1. The van der Waals surface area contributed by atoms with Gasteiger partial charge in [-0.3, -0.25) is 28.9 Å². The first-order valence-corrected chi connectivity index (χ1v) is 21.0. The zero-order chi connectivity index (χ0) is 46.8. The molecule has 0 unspecified atom stereocenters. The van der Waals surface area contributed by atoms with Gasteiger partial charge < -0.3 is 20.0 Å². The summed E-state index contributed by atoms with van der Waals surface area (Å²) in [5, 5.41) is 19.4. The van der Waals surface area contributed by atoms with Gasteiger partial charge in [0.1, 0.15) is 17.2 Å². The van der Waals surface area contributed by atoms with E-state index in [4.69, 9.17) is 12.2 Å². The second-order valence-corrected chi connectivity index (χ2v) is 16.5. The minimum absolute atomic E-state index is 0.0820. The van der Waals surface area contributed by atoms with Crippen molar-refractivity contribution >= 4 is 63.1 Å². The van der Waals surface area contributed by atoms with Gasteiger partial charge in [0.05, 0.1) is 45.1 Å². The van der Waals surface area contributed by atoms with Gasteiger partial charge in [-0.1, -0.05) is 30.7 Å². The van der Waals surface area contributed by atoms with Gasteiger partial charge >= 0.3 is 6.18 Å². The van der Waals surface area contributed by atoms with Crippen LogP contribution in [0, 0.1) is 23.0 Å². The Morgan fingerprint density at radius 2 is 1.54 bits per heavy atom. The molecule has 2 saturated heterocycles. The van der Waals surface area contributed by atoms with Crippen LogP contribution in [0.1, 0.15) is 82.6 Å². The number of piperazine rings is 1. The minimum atomic E-state index is -4.88. The van der Waals surface area contributed by atoms with E-state index >= 15 is 4.39 Å². The molecule has 7 rings (SSSR count). The number of carbonyl (C=O) groups is 4. The van der Waals surface area contributed by atoms with Crippen LogP contribution in [0.15, 0.2) is 83.7 Å². The summed E-state index contributed by atoms with van der Waals surface area (Å²) in [6, 6.07) is 19.1.